The van der Waals surface area contributed by atoms with Gasteiger partial charge in [0, 0.05) is 21.7 Å². The Balaban J connectivity index is 2.35. The number of hydrogen-bond donors (Lipinski definition) is 1. The second-order valence-electron chi connectivity index (χ2n) is 4.61. The summed E-state index contributed by atoms with van der Waals surface area (Å²) in [5, 5.41) is 0.912. The molecule has 1 atom stereocenters. The molecule has 0 heterocycles. The third-order valence-electron chi connectivity index (χ3n) is 2.67. The van der Waals surface area contributed by atoms with Gasteiger partial charge in [-0.1, -0.05) is 29.3 Å². The Labute approximate surface area is 127 Å². The fraction of sp³-hybridized carbons (Fsp3) is 0.200. The van der Waals surface area contributed by atoms with E-state index in [1.807, 2.05) is 6.92 Å². The van der Waals surface area contributed by atoms with Gasteiger partial charge in [-0.15, -0.1) is 0 Å². The van der Waals surface area contributed by atoms with Gasteiger partial charge in [0.15, 0.2) is 0 Å². The summed E-state index contributed by atoms with van der Waals surface area (Å²) in [7, 11) is 0. The molecule has 0 aliphatic carbocycles. The van der Waals surface area contributed by atoms with Crippen LogP contribution in [0.4, 0.5) is 4.39 Å². The average Bonchev–Trinajstić information content (AvgIpc) is 2.32. The number of rotatable bonds is 4. The molecule has 0 fully saturated rings. The Kier molecular flexibility index (Phi) is 4.86. The lowest BCUT2D eigenvalue weighted by Gasteiger charge is -2.14. The molecule has 0 aromatic heterocycles. The van der Waals surface area contributed by atoms with Crippen LogP contribution in [0.3, 0.4) is 0 Å². The highest BCUT2D eigenvalue weighted by Crippen LogP contribution is 2.31. The maximum atomic E-state index is 13.9. The molecule has 0 bridgehead atoms. The molecule has 106 valence electrons. The Morgan fingerprint density at radius 3 is 2.45 bits per heavy atom. The third kappa shape index (κ3) is 3.85. The molecule has 0 saturated heterocycles. The summed E-state index contributed by atoms with van der Waals surface area (Å²) in [6.45, 7) is 1.81. The van der Waals surface area contributed by atoms with Gasteiger partial charge in [0.25, 0.3) is 0 Å². The van der Waals surface area contributed by atoms with E-state index in [1.165, 1.54) is 6.07 Å². The molecule has 2 N–H and O–H groups in total. The van der Waals surface area contributed by atoms with E-state index in [-0.39, 0.29) is 11.9 Å². The first kappa shape index (κ1) is 15.1. The summed E-state index contributed by atoms with van der Waals surface area (Å²) in [6, 6.07) is 9.33. The topological polar surface area (TPSA) is 35.2 Å². The van der Waals surface area contributed by atoms with E-state index >= 15 is 0 Å². The Bertz CT molecular complexity index is 597. The van der Waals surface area contributed by atoms with Crippen LogP contribution < -0.4 is 10.5 Å². The first-order chi connectivity index (χ1) is 9.45. The van der Waals surface area contributed by atoms with Crippen molar-refractivity contribution in [2.75, 3.05) is 0 Å². The Morgan fingerprint density at radius 2 is 1.85 bits per heavy atom. The Hall–Kier alpha value is -1.29. The number of benzene rings is 2. The first-order valence-electron chi connectivity index (χ1n) is 6.12. The largest absolute Gasteiger partial charge is 0.457 e. The Morgan fingerprint density at radius 1 is 1.20 bits per heavy atom. The van der Waals surface area contributed by atoms with E-state index in [1.54, 1.807) is 30.3 Å². The smallest absolute Gasteiger partial charge is 0.133 e. The van der Waals surface area contributed by atoms with Crippen molar-refractivity contribution in [1.82, 2.24) is 0 Å². The van der Waals surface area contributed by atoms with Crippen LogP contribution in [0.25, 0.3) is 0 Å². The fourth-order valence-electron chi connectivity index (χ4n) is 1.87. The normalized spacial score (nSPS) is 12.2. The highest BCUT2D eigenvalue weighted by atomic mass is 35.5. The van der Waals surface area contributed by atoms with Gasteiger partial charge in [0.05, 0.1) is 0 Å². The summed E-state index contributed by atoms with van der Waals surface area (Å²) < 4.78 is 19.6. The van der Waals surface area contributed by atoms with Gasteiger partial charge in [0.1, 0.15) is 17.3 Å². The maximum Gasteiger partial charge on any atom is 0.133 e. The average molecular weight is 314 g/mol. The standard InChI is InChI=1S/C15H14Cl2FNO/c1-9(19)5-13-14(18)3-2-4-15(13)20-12-7-10(16)6-11(17)8-12/h2-4,6-9H,5,19H2,1H3. The van der Waals surface area contributed by atoms with Gasteiger partial charge >= 0.3 is 0 Å². The van der Waals surface area contributed by atoms with Crippen LogP contribution in [-0.2, 0) is 6.42 Å². The molecule has 0 spiro atoms. The minimum absolute atomic E-state index is 0.169. The molecule has 0 radical (unpaired) electrons. The van der Waals surface area contributed by atoms with E-state index in [0.29, 0.717) is 33.5 Å². The number of hydrogen-bond acceptors (Lipinski definition) is 2. The molecule has 0 amide bonds. The molecule has 20 heavy (non-hydrogen) atoms. The van der Waals surface area contributed by atoms with Crippen LogP contribution in [0.5, 0.6) is 11.5 Å². The zero-order valence-corrected chi connectivity index (χ0v) is 12.4. The maximum absolute atomic E-state index is 13.9. The summed E-state index contributed by atoms with van der Waals surface area (Å²) in [5.41, 5.74) is 6.18. The number of ether oxygens (including phenoxy) is 1. The summed E-state index contributed by atoms with van der Waals surface area (Å²) in [6.07, 6.45) is 0.385. The highest BCUT2D eigenvalue weighted by molar-refractivity contribution is 6.34. The van der Waals surface area contributed by atoms with Crippen LogP contribution in [0.1, 0.15) is 12.5 Å². The van der Waals surface area contributed by atoms with E-state index < -0.39 is 0 Å². The second-order valence-corrected chi connectivity index (χ2v) is 5.48. The first-order valence-corrected chi connectivity index (χ1v) is 6.88. The van der Waals surface area contributed by atoms with Gasteiger partial charge in [-0.2, -0.15) is 0 Å². The molecule has 0 saturated carbocycles. The number of halogens is 3. The van der Waals surface area contributed by atoms with Crippen LogP contribution in [0, 0.1) is 5.82 Å². The van der Waals surface area contributed by atoms with Crippen molar-refractivity contribution in [3.8, 4) is 11.5 Å². The summed E-state index contributed by atoms with van der Waals surface area (Å²) in [4.78, 5) is 0. The molecular weight excluding hydrogens is 300 g/mol. The predicted octanol–water partition coefficient (Wildman–Crippen LogP) is 4.81. The van der Waals surface area contributed by atoms with Crippen molar-refractivity contribution in [2.24, 2.45) is 5.73 Å². The molecule has 2 rings (SSSR count). The predicted molar refractivity (Wildman–Crippen MR) is 80.3 cm³/mol. The van der Waals surface area contributed by atoms with E-state index in [9.17, 15) is 4.39 Å². The molecule has 0 aliphatic heterocycles. The zero-order valence-electron chi connectivity index (χ0n) is 10.9. The van der Waals surface area contributed by atoms with Crippen molar-refractivity contribution in [3.05, 3.63) is 57.8 Å². The van der Waals surface area contributed by atoms with Crippen LogP contribution in [0.2, 0.25) is 10.0 Å². The third-order valence-corrected chi connectivity index (χ3v) is 3.10. The van der Waals surface area contributed by atoms with E-state index in [0.717, 1.165) is 0 Å². The monoisotopic (exact) mass is 313 g/mol. The molecule has 2 nitrogen and oxygen atoms in total. The van der Waals surface area contributed by atoms with Crippen molar-refractivity contribution >= 4 is 23.2 Å². The molecule has 1 unspecified atom stereocenters. The lowest BCUT2D eigenvalue weighted by molar-refractivity contribution is 0.463. The summed E-state index contributed by atoms with van der Waals surface area (Å²) in [5.74, 6) is 0.535. The minimum Gasteiger partial charge on any atom is -0.457 e. The van der Waals surface area contributed by atoms with Crippen LogP contribution in [-0.4, -0.2) is 6.04 Å². The van der Waals surface area contributed by atoms with E-state index in [4.69, 9.17) is 33.7 Å². The lowest BCUT2D eigenvalue weighted by atomic mass is 10.1. The van der Waals surface area contributed by atoms with Crippen molar-refractivity contribution in [2.45, 2.75) is 19.4 Å². The lowest BCUT2D eigenvalue weighted by Crippen LogP contribution is -2.19. The minimum atomic E-state index is -0.340. The van der Waals surface area contributed by atoms with Crippen LogP contribution >= 0.6 is 23.2 Å². The van der Waals surface area contributed by atoms with Crippen molar-refractivity contribution < 1.29 is 9.13 Å². The quantitative estimate of drug-likeness (QED) is 0.878. The van der Waals surface area contributed by atoms with Gasteiger partial charge in [-0.3, -0.25) is 0 Å². The zero-order chi connectivity index (χ0) is 14.7. The SMILES string of the molecule is CC(N)Cc1c(F)cccc1Oc1cc(Cl)cc(Cl)c1. The second kappa shape index (κ2) is 6.44. The number of nitrogens with two attached hydrogens (primary N) is 1. The molecule has 2 aromatic carbocycles. The van der Waals surface area contributed by atoms with Crippen molar-refractivity contribution in [3.63, 3.8) is 0 Å². The fourth-order valence-corrected chi connectivity index (χ4v) is 2.38. The van der Waals surface area contributed by atoms with E-state index in [2.05, 4.69) is 0 Å². The molecule has 5 heteroatoms. The van der Waals surface area contributed by atoms with Crippen molar-refractivity contribution in [1.29, 1.82) is 0 Å². The van der Waals surface area contributed by atoms with Crippen LogP contribution in [0.15, 0.2) is 36.4 Å². The van der Waals surface area contributed by atoms with Gasteiger partial charge in [-0.25, -0.2) is 4.39 Å². The van der Waals surface area contributed by atoms with Gasteiger partial charge in [-0.05, 0) is 43.7 Å². The molecular formula is C15H14Cl2FNO. The molecule has 2 aromatic rings. The van der Waals surface area contributed by atoms with Gasteiger partial charge < -0.3 is 10.5 Å². The summed E-state index contributed by atoms with van der Waals surface area (Å²) >= 11 is 11.8. The van der Waals surface area contributed by atoms with Gasteiger partial charge in [0.2, 0.25) is 0 Å². The highest BCUT2D eigenvalue weighted by Gasteiger charge is 2.12. The molecule has 0 aliphatic rings.